The minimum Gasteiger partial charge on any atom is -0.383 e. The van der Waals surface area contributed by atoms with Crippen LogP contribution in [0.25, 0.3) is 42.7 Å². The number of thiophene rings is 1. The molecule has 0 aliphatic heterocycles. The number of fused-ring (bicyclic) bond motifs is 3. The molecule has 6 heteroatoms. The van der Waals surface area contributed by atoms with Crippen molar-refractivity contribution in [2.45, 2.75) is 6.54 Å². The van der Waals surface area contributed by atoms with Gasteiger partial charge < -0.3 is 5.73 Å². The molecule has 206 valence electrons. The largest absolute Gasteiger partial charge is 0.383 e. The fourth-order valence-corrected chi connectivity index (χ4v) is 6.28. The average Bonchev–Trinajstić information content (AvgIpc) is 3.47. The second kappa shape index (κ2) is 11.8. The number of nitrogens with zero attached hydrogens (tertiary/aromatic N) is 4. The van der Waals surface area contributed by atoms with Crippen LogP contribution in [0.1, 0.15) is 16.7 Å². The van der Waals surface area contributed by atoms with E-state index in [2.05, 4.69) is 82.8 Å². The molecule has 43 heavy (non-hydrogen) atoms. The summed E-state index contributed by atoms with van der Waals surface area (Å²) in [5.74, 6) is 1.02. The highest BCUT2D eigenvalue weighted by molar-refractivity contribution is 7.26. The Morgan fingerprint density at radius 1 is 0.651 bits per heavy atom. The first kappa shape index (κ1) is 26.4. The van der Waals surface area contributed by atoms with E-state index < -0.39 is 0 Å². The van der Waals surface area contributed by atoms with Crippen LogP contribution < -0.4 is 5.73 Å². The molecule has 5 aromatic carbocycles. The van der Waals surface area contributed by atoms with Crippen LogP contribution in [0.15, 0.2) is 150 Å². The summed E-state index contributed by atoms with van der Waals surface area (Å²) in [6.45, 7) is 0.522. The summed E-state index contributed by atoms with van der Waals surface area (Å²) in [6, 6.07) is 45.1. The molecule has 0 unspecified atom stereocenters. The van der Waals surface area contributed by atoms with Crippen molar-refractivity contribution in [1.82, 2.24) is 9.97 Å². The topological polar surface area (TPSA) is 76.5 Å². The van der Waals surface area contributed by atoms with Crippen LogP contribution in [0.4, 0.5) is 0 Å². The van der Waals surface area contributed by atoms with Gasteiger partial charge >= 0.3 is 0 Å². The van der Waals surface area contributed by atoms with E-state index in [0.29, 0.717) is 18.2 Å². The number of hydrogen-bond donors (Lipinski definition) is 1. The lowest BCUT2D eigenvalue weighted by Gasteiger charge is -2.09. The number of aliphatic imine (C=N–C) groups is 2. The van der Waals surface area contributed by atoms with E-state index in [1.165, 1.54) is 10.1 Å². The summed E-state index contributed by atoms with van der Waals surface area (Å²) in [5, 5.41) is 1.17. The van der Waals surface area contributed by atoms with Crippen LogP contribution in [0.2, 0.25) is 0 Å². The summed E-state index contributed by atoms with van der Waals surface area (Å²) in [4.78, 5) is 18.9. The summed E-state index contributed by atoms with van der Waals surface area (Å²) in [5.41, 5.74) is 14.6. The molecule has 0 saturated heterocycles. The van der Waals surface area contributed by atoms with Gasteiger partial charge in [-0.05, 0) is 28.8 Å². The smallest absolute Gasteiger partial charge is 0.157 e. The average molecular weight is 574 g/mol. The Hall–Kier alpha value is -5.46. The molecule has 7 aromatic rings. The van der Waals surface area contributed by atoms with Gasteiger partial charge in [0.15, 0.2) is 5.84 Å². The van der Waals surface area contributed by atoms with Crippen LogP contribution >= 0.6 is 11.3 Å². The van der Waals surface area contributed by atoms with Crippen molar-refractivity contribution < 1.29 is 0 Å². The summed E-state index contributed by atoms with van der Waals surface area (Å²) in [7, 11) is 0. The number of hydrogen-bond acceptors (Lipinski definition) is 4. The van der Waals surface area contributed by atoms with E-state index in [1.54, 1.807) is 17.7 Å². The predicted octanol–water partition coefficient (Wildman–Crippen LogP) is 8.53. The van der Waals surface area contributed by atoms with Gasteiger partial charge in [-0.3, -0.25) is 4.99 Å². The maximum Gasteiger partial charge on any atom is 0.157 e. The zero-order valence-electron chi connectivity index (χ0n) is 23.3. The highest BCUT2D eigenvalue weighted by atomic mass is 32.1. The standard InChI is InChI=1S/C37H27N5S/c38-36(42-37(28-12-5-2-6-13-28)39-23-25-10-3-1-4-11-25)30-15-9-14-29(22-30)26-18-20-27(21-19-26)33-35-34(41-24-40-33)31-16-7-8-17-32(31)43-35/h1-22,24H,23H2,(H2,38,39,42). The maximum atomic E-state index is 6.59. The molecular weight excluding hydrogens is 547 g/mol. The molecule has 0 spiro atoms. The van der Waals surface area contributed by atoms with Gasteiger partial charge in [-0.2, -0.15) is 0 Å². The van der Waals surface area contributed by atoms with Gasteiger partial charge in [-0.15, -0.1) is 11.3 Å². The molecule has 0 aliphatic rings. The third-order valence-electron chi connectivity index (χ3n) is 7.32. The third kappa shape index (κ3) is 5.56. The van der Waals surface area contributed by atoms with Crippen molar-refractivity contribution in [3.8, 4) is 22.4 Å². The number of benzene rings is 5. The molecule has 5 nitrogen and oxygen atoms in total. The van der Waals surface area contributed by atoms with E-state index in [0.717, 1.165) is 49.3 Å². The quantitative estimate of drug-likeness (QED) is 0.160. The Morgan fingerprint density at radius 2 is 1.35 bits per heavy atom. The van der Waals surface area contributed by atoms with E-state index in [4.69, 9.17) is 15.7 Å². The maximum absolute atomic E-state index is 6.59. The fourth-order valence-electron chi connectivity index (χ4n) is 5.11. The van der Waals surface area contributed by atoms with Crippen molar-refractivity contribution in [3.63, 3.8) is 0 Å². The molecular formula is C37H27N5S. The Kier molecular flexibility index (Phi) is 7.26. The molecule has 0 aliphatic carbocycles. The first-order chi connectivity index (χ1) is 21.2. The first-order valence-corrected chi connectivity index (χ1v) is 14.9. The van der Waals surface area contributed by atoms with Gasteiger partial charge in [-0.1, -0.05) is 121 Å². The van der Waals surface area contributed by atoms with Crippen LogP contribution in [0.5, 0.6) is 0 Å². The molecule has 2 N–H and O–H groups in total. The highest BCUT2D eigenvalue weighted by Gasteiger charge is 2.13. The van der Waals surface area contributed by atoms with E-state index in [-0.39, 0.29) is 0 Å². The SMILES string of the molecule is NC(=NC(=NCc1ccccc1)c1ccccc1)c1cccc(-c2ccc(-c3ncnc4c3sc3ccccc34)cc2)c1. The molecule has 0 fully saturated rings. The summed E-state index contributed by atoms with van der Waals surface area (Å²) < 4.78 is 2.32. The second-order valence-corrected chi connectivity index (χ2v) is 11.2. The molecule has 2 heterocycles. The molecule has 0 amide bonds. The van der Waals surface area contributed by atoms with Crippen LogP contribution in [0.3, 0.4) is 0 Å². The molecule has 0 saturated carbocycles. The van der Waals surface area contributed by atoms with Crippen molar-refractivity contribution in [1.29, 1.82) is 0 Å². The van der Waals surface area contributed by atoms with Crippen LogP contribution in [-0.2, 0) is 6.54 Å². The number of nitrogens with two attached hydrogens (primary N) is 1. The minimum absolute atomic E-state index is 0.419. The van der Waals surface area contributed by atoms with Crippen LogP contribution in [0, 0.1) is 0 Å². The summed E-state index contributed by atoms with van der Waals surface area (Å²) in [6.07, 6.45) is 1.66. The first-order valence-electron chi connectivity index (χ1n) is 14.0. The lowest BCUT2D eigenvalue weighted by molar-refractivity contribution is 1.06. The monoisotopic (exact) mass is 573 g/mol. The van der Waals surface area contributed by atoms with Crippen LogP contribution in [-0.4, -0.2) is 21.6 Å². The zero-order chi connectivity index (χ0) is 29.0. The van der Waals surface area contributed by atoms with Gasteiger partial charge in [0, 0.05) is 26.8 Å². The molecule has 7 rings (SSSR count). The van der Waals surface area contributed by atoms with E-state index >= 15 is 0 Å². The van der Waals surface area contributed by atoms with Crippen molar-refractivity contribution in [2.75, 3.05) is 0 Å². The Labute approximate surface area is 253 Å². The normalized spacial score (nSPS) is 12.2. The van der Waals surface area contributed by atoms with Gasteiger partial charge in [0.2, 0.25) is 0 Å². The predicted molar refractivity (Wildman–Crippen MR) is 180 cm³/mol. The fraction of sp³-hybridized carbons (Fsp3) is 0.0270. The lowest BCUT2D eigenvalue weighted by atomic mass is 10.0. The van der Waals surface area contributed by atoms with Gasteiger partial charge in [0.1, 0.15) is 12.2 Å². The Bertz CT molecular complexity index is 2100. The lowest BCUT2D eigenvalue weighted by Crippen LogP contribution is -2.16. The number of aromatic nitrogens is 2. The Morgan fingerprint density at radius 3 is 2.16 bits per heavy atom. The van der Waals surface area contributed by atoms with Gasteiger partial charge in [0.05, 0.1) is 22.5 Å². The van der Waals surface area contributed by atoms with Gasteiger partial charge in [0.25, 0.3) is 0 Å². The molecule has 0 radical (unpaired) electrons. The number of rotatable bonds is 6. The van der Waals surface area contributed by atoms with E-state index in [9.17, 15) is 0 Å². The van der Waals surface area contributed by atoms with Crippen molar-refractivity contribution >= 4 is 43.3 Å². The molecule has 2 aromatic heterocycles. The zero-order valence-corrected chi connectivity index (χ0v) is 24.1. The third-order valence-corrected chi connectivity index (χ3v) is 8.49. The second-order valence-electron chi connectivity index (χ2n) is 10.1. The summed E-state index contributed by atoms with van der Waals surface area (Å²) >= 11 is 1.73. The highest BCUT2D eigenvalue weighted by Crippen LogP contribution is 2.37. The van der Waals surface area contributed by atoms with Crippen molar-refractivity contribution in [2.24, 2.45) is 15.7 Å². The van der Waals surface area contributed by atoms with Crippen molar-refractivity contribution in [3.05, 3.63) is 156 Å². The number of amidine groups is 2. The Balaban J connectivity index is 1.19. The molecule has 0 bridgehead atoms. The van der Waals surface area contributed by atoms with Gasteiger partial charge in [-0.25, -0.2) is 15.0 Å². The minimum atomic E-state index is 0.419. The molecule has 0 atom stereocenters. The van der Waals surface area contributed by atoms with E-state index in [1.807, 2.05) is 60.7 Å².